The van der Waals surface area contributed by atoms with Crippen molar-refractivity contribution in [2.45, 2.75) is 77.5 Å². The average Bonchev–Trinajstić information content (AvgIpc) is 2.29. The highest BCUT2D eigenvalue weighted by Crippen LogP contribution is 2.52. The van der Waals surface area contributed by atoms with E-state index in [9.17, 15) is 0 Å². The van der Waals surface area contributed by atoms with Crippen molar-refractivity contribution in [3.05, 3.63) is 0 Å². The standard InChI is InChI=1S/C14H27NO/c1-10(2)11(3)16-13-9-12(15)14(13)7-5-4-6-8-14/h10-13H,4-9,15H2,1-3H3. The number of ether oxygens (including phenoxy) is 1. The summed E-state index contributed by atoms with van der Waals surface area (Å²) in [5.41, 5.74) is 6.60. The first-order chi connectivity index (χ1) is 7.56. The molecule has 2 N–H and O–H groups in total. The van der Waals surface area contributed by atoms with Gasteiger partial charge in [0.25, 0.3) is 0 Å². The molecule has 2 aliphatic rings. The van der Waals surface area contributed by atoms with Crippen LogP contribution in [-0.2, 0) is 4.74 Å². The minimum Gasteiger partial charge on any atom is -0.374 e. The van der Waals surface area contributed by atoms with E-state index in [2.05, 4.69) is 20.8 Å². The lowest BCUT2D eigenvalue weighted by atomic mass is 9.55. The fourth-order valence-corrected chi connectivity index (χ4v) is 3.29. The van der Waals surface area contributed by atoms with Crippen molar-refractivity contribution in [2.24, 2.45) is 17.1 Å². The van der Waals surface area contributed by atoms with Gasteiger partial charge in [-0.25, -0.2) is 0 Å². The highest BCUT2D eigenvalue weighted by Gasteiger charge is 2.54. The van der Waals surface area contributed by atoms with Gasteiger partial charge in [-0.2, -0.15) is 0 Å². The van der Waals surface area contributed by atoms with Crippen LogP contribution in [0.15, 0.2) is 0 Å². The molecule has 2 rings (SSSR count). The third-order valence-corrected chi connectivity index (χ3v) is 4.95. The van der Waals surface area contributed by atoms with E-state index in [0.717, 1.165) is 6.42 Å². The summed E-state index contributed by atoms with van der Waals surface area (Å²) in [7, 11) is 0. The van der Waals surface area contributed by atoms with E-state index < -0.39 is 0 Å². The fourth-order valence-electron chi connectivity index (χ4n) is 3.29. The molecule has 3 atom stereocenters. The van der Waals surface area contributed by atoms with Crippen LogP contribution >= 0.6 is 0 Å². The molecule has 0 aliphatic heterocycles. The van der Waals surface area contributed by atoms with E-state index in [1.807, 2.05) is 0 Å². The zero-order valence-electron chi connectivity index (χ0n) is 11.0. The van der Waals surface area contributed by atoms with E-state index in [0.29, 0.717) is 29.6 Å². The van der Waals surface area contributed by atoms with Gasteiger partial charge in [0.15, 0.2) is 0 Å². The molecule has 0 amide bonds. The summed E-state index contributed by atoms with van der Waals surface area (Å²) >= 11 is 0. The van der Waals surface area contributed by atoms with Gasteiger partial charge in [0, 0.05) is 11.5 Å². The van der Waals surface area contributed by atoms with Gasteiger partial charge in [0.1, 0.15) is 0 Å². The Morgan fingerprint density at radius 3 is 2.25 bits per heavy atom. The first kappa shape index (κ1) is 12.4. The van der Waals surface area contributed by atoms with Crippen LogP contribution in [0, 0.1) is 11.3 Å². The molecule has 3 unspecified atom stereocenters. The van der Waals surface area contributed by atoms with Gasteiger partial charge < -0.3 is 10.5 Å². The Labute approximate surface area is 99.9 Å². The second kappa shape index (κ2) is 4.66. The largest absolute Gasteiger partial charge is 0.374 e. The van der Waals surface area contributed by atoms with Crippen LogP contribution < -0.4 is 5.73 Å². The first-order valence-corrected chi connectivity index (χ1v) is 6.97. The monoisotopic (exact) mass is 225 g/mol. The lowest BCUT2D eigenvalue weighted by Gasteiger charge is -2.57. The molecular weight excluding hydrogens is 198 g/mol. The smallest absolute Gasteiger partial charge is 0.0664 e. The molecule has 0 radical (unpaired) electrons. The van der Waals surface area contributed by atoms with Crippen molar-refractivity contribution in [3.63, 3.8) is 0 Å². The molecule has 0 aromatic heterocycles. The summed E-state index contributed by atoms with van der Waals surface area (Å²) in [5.74, 6) is 0.609. The Morgan fingerprint density at radius 1 is 1.12 bits per heavy atom. The minimum absolute atomic E-state index is 0.349. The first-order valence-electron chi connectivity index (χ1n) is 6.97. The summed E-state index contributed by atoms with van der Waals surface area (Å²) in [6.07, 6.45) is 8.58. The number of rotatable bonds is 3. The van der Waals surface area contributed by atoms with E-state index in [4.69, 9.17) is 10.5 Å². The van der Waals surface area contributed by atoms with Crippen LogP contribution in [0.3, 0.4) is 0 Å². The van der Waals surface area contributed by atoms with Crippen molar-refractivity contribution in [2.75, 3.05) is 0 Å². The number of hydrogen-bond donors (Lipinski definition) is 1. The second-order valence-electron chi connectivity index (χ2n) is 6.21. The van der Waals surface area contributed by atoms with Gasteiger partial charge in [-0.15, -0.1) is 0 Å². The maximum Gasteiger partial charge on any atom is 0.0664 e. The van der Waals surface area contributed by atoms with Gasteiger partial charge in [-0.05, 0) is 32.1 Å². The van der Waals surface area contributed by atoms with Gasteiger partial charge in [-0.3, -0.25) is 0 Å². The van der Waals surface area contributed by atoms with Crippen LogP contribution in [-0.4, -0.2) is 18.2 Å². The predicted molar refractivity (Wildman–Crippen MR) is 67.3 cm³/mol. The van der Waals surface area contributed by atoms with E-state index in [-0.39, 0.29) is 0 Å². The van der Waals surface area contributed by atoms with Gasteiger partial charge >= 0.3 is 0 Å². The molecule has 94 valence electrons. The molecule has 2 aliphatic carbocycles. The maximum absolute atomic E-state index is 6.25. The Hall–Kier alpha value is -0.0800. The molecular formula is C14H27NO. The van der Waals surface area contributed by atoms with Crippen LogP contribution in [0.25, 0.3) is 0 Å². The Kier molecular flexibility index (Phi) is 3.60. The van der Waals surface area contributed by atoms with E-state index in [1.165, 1.54) is 32.1 Å². The lowest BCUT2D eigenvalue weighted by Crippen LogP contribution is -2.63. The van der Waals surface area contributed by atoms with Crippen LogP contribution in [0.5, 0.6) is 0 Å². The van der Waals surface area contributed by atoms with Gasteiger partial charge in [-0.1, -0.05) is 33.1 Å². The lowest BCUT2D eigenvalue weighted by molar-refractivity contribution is -0.172. The SMILES string of the molecule is CC(C)C(C)OC1CC(N)C12CCCCC2. The van der Waals surface area contributed by atoms with Gasteiger partial charge in [0.05, 0.1) is 12.2 Å². The molecule has 16 heavy (non-hydrogen) atoms. The molecule has 2 heteroatoms. The highest BCUT2D eigenvalue weighted by molar-refractivity contribution is 5.07. The van der Waals surface area contributed by atoms with Crippen molar-refractivity contribution in [1.82, 2.24) is 0 Å². The Bertz CT molecular complexity index is 233. The average molecular weight is 225 g/mol. The summed E-state index contributed by atoms with van der Waals surface area (Å²) in [5, 5.41) is 0. The highest BCUT2D eigenvalue weighted by atomic mass is 16.5. The van der Waals surface area contributed by atoms with Crippen LogP contribution in [0.2, 0.25) is 0 Å². The zero-order chi connectivity index (χ0) is 11.8. The Balaban J connectivity index is 1.95. The topological polar surface area (TPSA) is 35.2 Å². The molecule has 1 spiro atoms. The molecule has 0 heterocycles. The normalized spacial score (nSPS) is 35.1. The summed E-state index contributed by atoms with van der Waals surface area (Å²) < 4.78 is 6.23. The number of hydrogen-bond acceptors (Lipinski definition) is 2. The van der Waals surface area contributed by atoms with Crippen molar-refractivity contribution < 1.29 is 4.74 Å². The molecule has 0 bridgehead atoms. The second-order valence-corrected chi connectivity index (χ2v) is 6.21. The molecule has 0 aromatic carbocycles. The fraction of sp³-hybridized carbons (Fsp3) is 1.00. The molecule has 2 fully saturated rings. The minimum atomic E-state index is 0.349. The van der Waals surface area contributed by atoms with Crippen molar-refractivity contribution >= 4 is 0 Å². The summed E-state index contributed by atoms with van der Waals surface area (Å²) in [6, 6.07) is 0.400. The summed E-state index contributed by atoms with van der Waals surface area (Å²) in [4.78, 5) is 0. The van der Waals surface area contributed by atoms with Crippen molar-refractivity contribution in [1.29, 1.82) is 0 Å². The number of nitrogens with two attached hydrogens (primary N) is 1. The molecule has 2 nitrogen and oxygen atoms in total. The van der Waals surface area contributed by atoms with Crippen molar-refractivity contribution in [3.8, 4) is 0 Å². The third-order valence-electron chi connectivity index (χ3n) is 4.95. The molecule has 2 saturated carbocycles. The zero-order valence-corrected chi connectivity index (χ0v) is 11.0. The van der Waals surface area contributed by atoms with Gasteiger partial charge in [0.2, 0.25) is 0 Å². The van der Waals surface area contributed by atoms with Crippen LogP contribution in [0.4, 0.5) is 0 Å². The summed E-state index contributed by atoms with van der Waals surface area (Å²) in [6.45, 7) is 6.67. The van der Waals surface area contributed by atoms with Crippen LogP contribution in [0.1, 0.15) is 59.3 Å². The molecule has 0 aromatic rings. The Morgan fingerprint density at radius 2 is 1.75 bits per heavy atom. The molecule has 0 saturated heterocycles. The third kappa shape index (κ3) is 2.02. The quantitative estimate of drug-likeness (QED) is 0.801. The van der Waals surface area contributed by atoms with E-state index >= 15 is 0 Å². The maximum atomic E-state index is 6.25. The van der Waals surface area contributed by atoms with E-state index in [1.54, 1.807) is 0 Å². The predicted octanol–water partition coefficient (Wildman–Crippen LogP) is 3.10.